The van der Waals surface area contributed by atoms with Crippen LogP contribution in [0.25, 0.3) is 0 Å². The fourth-order valence-electron chi connectivity index (χ4n) is 7.64. The largest absolute Gasteiger partial charge is 0.481 e. The molecule has 1 N–H and O–H groups in total. The molecule has 4 nitrogen and oxygen atoms in total. The Morgan fingerprint density at radius 2 is 2.10 bits per heavy atom. The van der Waals surface area contributed by atoms with E-state index >= 15 is 0 Å². The number of benzene rings is 1. The molecular formula is C26H36O4. The maximum Gasteiger partial charge on any atom is 0.303 e. The SMILES string of the molecule is C[C@@H]1Cc2cc(OC3CCCCO3)ccc2[C@H]2CC[C@]3(C)[C@@H](CC(=O)O)CC[C@H]3[C@H]12. The summed E-state index contributed by atoms with van der Waals surface area (Å²) in [6.07, 6.45) is 9.31. The number of hydrogen-bond donors (Lipinski definition) is 1. The molecule has 164 valence electrons. The predicted molar refractivity (Wildman–Crippen MR) is 116 cm³/mol. The highest BCUT2D eigenvalue weighted by atomic mass is 16.7. The van der Waals surface area contributed by atoms with E-state index in [2.05, 4.69) is 32.0 Å². The van der Waals surface area contributed by atoms with Crippen LogP contribution in [-0.4, -0.2) is 24.0 Å². The Morgan fingerprint density at radius 3 is 2.87 bits per heavy atom. The highest BCUT2D eigenvalue weighted by molar-refractivity contribution is 5.67. The van der Waals surface area contributed by atoms with Crippen molar-refractivity contribution in [2.24, 2.45) is 29.1 Å². The number of hydrogen-bond acceptors (Lipinski definition) is 3. The first-order valence-electron chi connectivity index (χ1n) is 12.1. The second kappa shape index (κ2) is 7.85. The third-order valence-electron chi connectivity index (χ3n) is 9.07. The minimum Gasteiger partial charge on any atom is -0.481 e. The van der Waals surface area contributed by atoms with Gasteiger partial charge in [-0.3, -0.25) is 4.79 Å². The lowest BCUT2D eigenvalue weighted by molar-refractivity contribution is -0.139. The number of carbonyl (C=O) groups is 1. The Labute approximate surface area is 180 Å². The third kappa shape index (κ3) is 3.45. The minimum atomic E-state index is -0.625. The summed E-state index contributed by atoms with van der Waals surface area (Å²) in [7, 11) is 0. The van der Waals surface area contributed by atoms with Gasteiger partial charge in [0.05, 0.1) is 6.61 Å². The molecule has 1 aromatic rings. The van der Waals surface area contributed by atoms with Gasteiger partial charge in [0.1, 0.15) is 5.75 Å². The molecule has 2 saturated carbocycles. The Hall–Kier alpha value is -1.55. The molecule has 0 radical (unpaired) electrons. The van der Waals surface area contributed by atoms with Crippen molar-refractivity contribution in [2.45, 2.75) is 83.8 Å². The molecule has 1 aliphatic heterocycles. The molecule has 0 amide bonds. The molecule has 0 spiro atoms. The first kappa shape index (κ1) is 20.4. The zero-order valence-electron chi connectivity index (χ0n) is 18.4. The maximum absolute atomic E-state index is 11.4. The quantitative estimate of drug-likeness (QED) is 0.680. The van der Waals surface area contributed by atoms with E-state index < -0.39 is 5.97 Å². The van der Waals surface area contributed by atoms with E-state index in [1.807, 2.05) is 0 Å². The van der Waals surface area contributed by atoms with Gasteiger partial charge in [0.25, 0.3) is 0 Å². The van der Waals surface area contributed by atoms with E-state index in [0.29, 0.717) is 36.0 Å². The second-order valence-corrected chi connectivity index (χ2v) is 10.7. The van der Waals surface area contributed by atoms with Crippen LogP contribution < -0.4 is 4.74 Å². The molecule has 5 rings (SSSR count). The smallest absolute Gasteiger partial charge is 0.303 e. The summed E-state index contributed by atoms with van der Waals surface area (Å²) in [6, 6.07) is 6.75. The van der Waals surface area contributed by atoms with Crippen molar-refractivity contribution in [3.05, 3.63) is 29.3 Å². The van der Waals surface area contributed by atoms with Gasteiger partial charge in [-0.1, -0.05) is 19.9 Å². The maximum atomic E-state index is 11.4. The lowest BCUT2D eigenvalue weighted by Gasteiger charge is -2.53. The zero-order valence-corrected chi connectivity index (χ0v) is 18.4. The van der Waals surface area contributed by atoms with Crippen LogP contribution >= 0.6 is 0 Å². The van der Waals surface area contributed by atoms with Crippen LogP contribution in [0.2, 0.25) is 0 Å². The first-order chi connectivity index (χ1) is 14.5. The van der Waals surface area contributed by atoms with Crippen LogP contribution in [-0.2, 0) is 16.0 Å². The normalized spacial score (nSPS) is 40.2. The van der Waals surface area contributed by atoms with Crippen LogP contribution in [0.15, 0.2) is 18.2 Å². The lowest BCUT2D eigenvalue weighted by Crippen LogP contribution is -2.45. The van der Waals surface area contributed by atoms with Crippen LogP contribution in [0.4, 0.5) is 0 Å². The van der Waals surface area contributed by atoms with Gasteiger partial charge < -0.3 is 14.6 Å². The predicted octanol–water partition coefficient (Wildman–Crippen LogP) is 5.79. The number of carboxylic acids is 1. The van der Waals surface area contributed by atoms with Crippen LogP contribution in [0, 0.1) is 29.1 Å². The fraction of sp³-hybridized carbons (Fsp3) is 0.731. The highest BCUT2D eigenvalue weighted by Crippen LogP contribution is 2.64. The Bertz CT molecular complexity index is 798. The molecule has 4 aliphatic rings. The van der Waals surface area contributed by atoms with Crippen molar-refractivity contribution in [1.82, 2.24) is 0 Å². The standard InChI is InChI=1S/C26H36O4/c1-16-13-17-14-19(30-24-5-3-4-12-29-24)7-8-20(17)21-10-11-26(2)18(15-23(27)28)6-9-22(26)25(16)21/h7-8,14,16,18,21-22,24-25H,3-6,9-13,15H2,1-2H3,(H,27,28)/t16-,18-,21-,22+,24?,25-,26-/m1/s1. The van der Waals surface area contributed by atoms with E-state index in [1.54, 1.807) is 0 Å². The van der Waals surface area contributed by atoms with Crippen molar-refractivity contribution in [1.29, 1.82) is 0 Å². The van der Waals surface area contributed by atoms with E-state index in [1.165, 1.54) is 30.4 Å². The monoisotopic (exact) mass is 412 g/mol. The van der Waals surface area contributed by atoms with Gasteiger partial charge in [0.15, 0.2) is 6.29 Å². The molecule has 1 heterocycles. The topological polar surface area (TPSA) is 55.8 Å². The summed E-state index contributed by atoms with van der Waals surface area (Å²) in [5, 5.41) is 9.42. The molecule has 1 saturated heterocycles. The lowest BCUT2D eigenvalue weighted by atomic mass is 9.51. The summed E-state index contributed by atoms with van der Waals surface area (Å²) in [4.78, 5) is 11.4. The van der Waals surface area contributed by atoms with Crippen molar-refractivity contribution in [2.75, 3.05) is 6.61 Å². The minimum absolute atomic E-state index is 0.0920. The van der Waals surface area contributed by atoms with Gasteiger partial charge in [0, 0.05) is 12.8 Å². The Balaban J connectivity index is 1.37. The molecule has 0 aromatic heterocycles. The number of fused-ring (bicyclic) bond motifs is 5. The first-order valence-corrected chi connectivity index (χ1v) is 12.1. The number of ether oxygens (including phenoxy) is 2. The van der Waals surface area contributed by atoms with Crippen LogP contribution in [0.3, 0.4) is 0 Å². The second-order valence-electron chi connectivity index (χ2n) is 10.7. The van der Waals surface area contributed by atoms with Crippen LogP contribution in [0.1, 0.15) is 82.3 Å². The van der Waals surface area contributed by atoms with Crippen molar-refractivity contribution in [3.63, 3.8) is 0 Å². The Kier molecular flexibility index (Phi) is 5.33. The molecule has 1 unspecified atom stereocenters. The molecule has 0 bridgehead atoms. The van der Waals surface area contributed by atoms with Gasteiger partial charge in [-0.05, 0) is 103 Å². The average molecular weight is 413 g/mol. The molecular weight excluding hydrogens is 376 g/mol. The molecule has 30 heavy (non-hydrogen) atoms. The molecule has 7 atom stereocenters. The number of rotatable bonds is 4. The highest BCUT2D eigenvalue weighted by Gasteiger charge is 2.56. The van der Waals surface area contributed by atoms with Crippen molar-refractivity contribution < 1.29 is 19.4 Å². The molecule has 3 fully saturated rings. The molecule has 4 heteroatoms. The summed E-state index contributed by atoms with van der Waals surface area (Å²) in [5.74, 6) is 3.27. The summed E-state index contributed by atoms with van der Waals surface area (Å²) >= 11 is 0. The fourth-order valence-corrected chi connectivity index (χ4v) is 7.64. The average Bonchev–Trinajstić information content (AvgIpc) is 3.04. The number of carboxylic acid groups (broad SMARTS) is 1. The zero-order chi connectivity index (χ0) is 20.9. The van der Waals surface area contributed by atoms with E-state index in [4.69, 9.17) is 9.47 Å². The van der Waals surface area contributed by atoms with Crippen molar-refractivity contribution in [3.8, 4) is 5.75 Å². The summed E-state index contributed by atoms with van der Waals surface area (Å²) in [5.41, 5.74) is 3.19. The molecule has 3 aliphatic carbocycles. The van der Waals surface area contributed by atoms with E-state index in [0.717, 1.165) is 44.5 Å². The summed E-state index contributed by atoms with van der Waals surface area (Å²) < 4.78 is 11.9. The number of aliphatic carboxylic acids is 1. The van der Waals surface area contributed by atoms with E-state index in [-0.39, 0.29) is 11.7 Å². The summed E-state index contributed by atoms with van der Waals surface area (Å²) in [6.45, 7) is 5.63. The van der Waals surface area contributed by atoms with Gasteiger partial charge in [-0.25, -0.2) is 0 Å². The van der Waals surface area contributed by atoms with Crippen LogP contribution in [0.5, 0.6) is 5.75 Å². The van der Waals surface area contributed by atoms with Gasteiger partial charge in [-0.2, -0.15) is 0 Å². The van der Waals surface area contributed by atoms with Gasteiger partial charge in [-0.15, -0.1) is 0 Å². The van der Waals surface area contributed by atoms with Crippen molar-refractivity contribution >= 4 is 5.97 Å². The Morgan fingerprint density at radius 1 is 1.23 bits per heavy atom. The third-order valence-corrected chi connectivity index (χ3v) is 9.07. The van der Waals surface area contributed by atoms with Gasteiger partial charge >= 0.3 is 5.97 Å². The van der Waals surface area contributed by atoms with Gasteiger partial charge in [0.2, 0.25) is 0 Å². The molecule has 1 aromatic carbocycles. The van der Waals surface area contributed by atoms with E-state index in [9.17, 15) is 9.90 Å².